The first-order valence-corrected chi connectivity index (χ1v) is 51.4. The van der Waals surface area contributed by atoms with Crippen LogP contribution in [0.3, 0.4) is 0 Å². The summed E-state index contributed by atoms with van der Waals surface area (Å²) in [6.07, 6.45) is 42.8. The van der Waals surface area contributed by atoms with Crippen LogP contribution in [0.4, 0.5) is 69.8 Å². The van der Waals surface area contributed by atoms with Gasteiger partial charge in [0.2, 0.25) is 0 Å². The summed E-state index contributed by atoms with van der Waals surface area (Å²) in [5, 5.41) is 23.2. The number of pyridine rings is 8. The van der Waals surface area contributed by atoms with Crippen LogP contribution in [0.15, 0.2) is 118 Å². The van der Waals surface area contributed by atoms with E-state index < -0.39 is 0 Å². The number of nitrogens with one attached hydrogen (secondary N) is 6. The van der Waals surface area contributed by atoms with Crippen LogP contribution in [0.25, 0.3) is 43.6 Å². The molecule has 5 saturated heterocycles. The molecule has 37 heteroatoms. The Balaban J connectivity index is 0.000000121. The van der Waals surface area contributed by atoms with Crippen molar-refractivity contribution in [2.24, 2.45) is 0 Å². The van der Waals surface area contributed by atoms with Crippen molar-refractivity contribution in [1.82, 2.24) is 98.5 Å². The van der Waals surface area contributed by atoms with Gasteiger partial charge in [-0.25, -0.2) is 59.8 Å². The zero-order valence-electron chi connectivity index (χ0n) is 83.8. The second-order valence-electron chi connectivity index (χ2n) is 40.3. The predicted octanol–water partition coefficient (Wildman–Crippen LogP) is 14.4. The van der Waals surface area contributed by atoms with Gasteiger partial charge in [-0.2, -0.15) is 0 Å². The first-order valence-electron chi connectivity index (χ1n) is 51.4. The molecular weight excluding hydrogens is 1810 g/mol. The number of ketones is 4. The second kappa shape index (κ2) is 43.4. The minimum atomic E-state index is -0.202. The summed E-state index contributed by atoms with van der Waals surface area (Å²) < 4.78 is 12.6. The Labute approximate surface area is 830 Å². The molecule has 10 aliphatic rings. The van der Waals surface area contributed by atoms with Crippen LogP contribution in [0.1, 0.15) is 258 Å². The summed E-state index contributed by atoms with van der Waals surface area (Å²) in [6, 6.07) is 10.2. The monoisotopic (exact) mass is 1940 g/mol. The van der Waals surface area contributed by atoms with E-state index in [2.05, 4.69) is 135 Å². The number of carbonyl (C=O) groups is 4. The maximum absolute atomic E-state index is 13.5. The highest BCUT2D eigenvalue weighted by atomic mass is 16.5. The van der Waals surface area contributed by atoms with Crippen LogP contribution < -0.4 is 73.7 Å². The molecule has 5 saturated carbocycles. The standard InChI is InChI=1S/C29H37N7O2.C27H33N7O3.2C25H31N7O2/c1-19-23-16-30-25(15-24(23)36(22-9-5-6-10-22)29(38)28(19)20(2)37)33-26-17-32-27(18-31-26)35-13-11-34(12-14-35)21-7-3-4-8-21;1-17-21-12-28-23(11-22(21)34(19-5-3-4-6-19)27(36)26(17)18(2)35)31-24-13-30-25(14-29-24)33-9-7-32(8-10-33)20-15-37-16-20;2*1-15-14-31(9-8-26-15)23-13-28-22(12-29-23)30-21-10-20-19(11-27-21)16(2)24(17(3)33)25(34)32(20)18-6-4-5-7-18/h15-18,21-22H,3-14H2,1-2H3,(H,30,31,33);11-14,19-20H,3-10,15-16H2,1-2H3,(H,28,29,31);2*10-13,15,18,26H,4-9,14H2,1-3H3,(H,27,28,30)/t;;2*15-/m..10/s1. The smallest absolute Gasteiger partial charge is 0.262 e. The third-order valence-corrected chi connectivity index (χ3v) is 30.8. The Morgan fingerprint density at radius 1 is 0.294 bits per heavy atom. The number of carbonyl (C=O) groups excluding carboxylic acids is 4. The molecule has 0 spiro atoms. The summed E-state index contributed by atoms with van der Waals surface area (Å²) in [7, 11) is 0. The molecule has 143 heavy (non-hydrogen) atoms. The molecule has 5 aliphatic heterocycles. The minimum Gasteiger partial charge on any atom is -0.378 e. The van der Waals surface area contributed by atoms with E-state index in [1.54, 1.807) is 68.2 Å². The first kappa shape index (κ1) is 98.4. The van der Waals surface area contributed by atoms with Gasteiger partial charge in [0.1, 0.15) is 69.8 Å². The van der Waals surface area contributed by atoms with Gasteiger partial charge in [-0.15, -0.1) is 0 Å². The number of hydrogen-bond acceptors (Lipinski definition) is 33. The van der Waals surface area contributed by atoms with Crippen molar-refractivity contribution in [3.05, 3.63) is 185 Å². The molecule has 0 bridgehead atoms. The molecule has 12 aromatic rings. The van der Waals surface area contributed by atoms with E-state index in [1.807, 2.05) is 76.4 Å². The summed E-state index contributed by atoms with van der Waals surface area (Å²) in [4.78, 5) is 172. The molecule has 12 aromatic heterocycles. The van der Waals surface area contributed by atoms with E-state index in [0.29, 0.717) is 86.9 Å². The number of piperazine rings is 4. The Kier molecular flexibility index (Phi) is 29.9. The van der Waals surface area contributed by atoms with Crippen molar-refractivity contribution in [3.63, 3.8) is 0 Å². The SMILES string of the molecule is CC(=O)c1c(C)c2cnc(Nc3cnc(N4CCN(C5CCCC5)CC4)cn3)cc2n(C2CCCC2)c1=O.CC(=O)c1c(C)c2cnc(Nc3cnc(N4CCN(C5COC5)CC4)cn3)cc2n(C2CCCC2)c1=O.CC(=O)c1c(C)c2cnc(Nc3cnc(N4CCN[C@@H](C)C4)cn3)cc2n(C2CCCC2)c1=O.CC(=O)c1c(C)c2cnc(Nc3cnc(N4CCN[C@H](C)C4)cn3)cc2n(C2CCCC2)c1=O. The van der Waals surface area contributed by atoms with Gasteiger partial charge in [0.05, 0.1) is 113 Å². The Bertz CT molecular complexity index is 6770. The minimum absolute atomic E-state index is 0.0975. The predicted molar refractivity (Wildman–Crippen MR) is 558 cm³/mol. The van der Waals surface area contributed by atoms with Crippen molar-refractivity contribution in [2.75, 3.05) is 146 Å². The fourth-order valence-corrected chi connectivity index (χ4v) is 23.2. The highest BCUT2D eigenvalue weighted by Gasteiger charge is 2.35. The van der Waals surface area contributed by atoms with E-state index in [1.165, 1.54) is 53.4 Å². The van der Waals surface area contributed by atoms with E-state index in [0.717, 1.165) is 280 Å². The zero-order valence-corrected chi connectivity index (χ0v) is 83.8. The molecule has 2 atom stereocenters. The lowest BCUT2D eigenvalue weighted by molar-refractivity contribution is -0.0661. The topological polar surface area (TPSA) is 412 Å². The molecule has 0 radical (unpaired) electrons. The molecule has 0 unspecified atom stereocenters. The maximum Gasteiger partial charge on any atom is 0.262 e. The number of hydrogen-bond donors (Lipinski definition) is 6. The Hall–Kier alpha value is -13.4. The van der Waals surface area contributed by atoms with Crippen LogP contribution >= 0.6 is 0 Å². The maximum atomic E-state index is 13.5. The number of nitrogens with zero attached hydrogens (tertiary/aromatic N) is 22. The molecule has 5 aliphatic carbocycles. The fraction of sp³-hybridized carbons (Fsp3) is 0.509. The molecule has 22 rings (SSSR count). The number of aromatic nitrogens is 16. The van der Waals surface area contributed by atoms with Gasteiger partial charge in [0, 0.05) is 205 Å². The summed E-state index contributed by atoms with van der Waals surface area (Å²) >= 11 is 0. The van der Waals surface area contributed by atoms with Gasteiger partial charge in [0.25, 0.3) is 22.2 Å². The zero-order chi connectivity index (χ0) is 99.4. The lowest BCUT2D eigenvalue weighted by Crippen LogP contribution is -2.56. The van der Waals surface area contributed by atoms with E-state index in [4.69, 9.17) is 4.74 Å². The van der Waals surface area contributed by atoms with Gasteiger partial charge in [-0.1, -0.05) is 64.2 Å². The highest BCUT2D eigenvalue weighted by Crippen LogP contribution is 2.40. The lowest BCUT2D eigenvalue weighted by atomic mass is 10.0. The number of Topliss-reactive ketones (excluding diaryl/α,β-unsaturated/α-hetero) is 4. The molecule has 750 valence electrons. The normalized spacial score (nSPS) is 19.2. The van der Waals surface area contributed by atoms with Crippen molar-refractivity contribution in [2.45, 2.75) is 246 Å². The Morgan fingerprint density at radius 2 is 0.531 bits per heavy atom. The van der Waals surface area contributed by atoms with Gasteiger partial charge < -0.3 is 74.5 Å². The quantitative estimate of drug-likeness (QED) is 0.0343. The molecule has 6 N–H and O–H groups in total. The van der Waals surface area contributed by atoms with Crippen molar-refractivity contribution >= 4 is 137 Å². The number of fused-ring (bicyclic) bond motifs is 4. The van der Waals surface area contributed by atoms with Crippen LogP contribution in [-0.4, -0.2) is 240 Å². The van der Waals surface area contributed by atoms with E-state index >= 15 is 0 Å². The lowest BCUT2D eigenvalue weighted by Gasteiger charge is -2.42. The van der Waals surface area contributed by atoms with Crippen LogP contribution in [-0.2, 0) is 4.74 Å². The average Bonchev–Trinajstić information content (AvgIpc) is 1.57. The van der Waals surface area contributed by atoms with Gasteiger partial charge in [0.15, 0.2) is 23.1 Å². The van der Waals surface area contributed by atoms with Gasteiger partial charge in [-0.3, -0.25) is 48.2 Å². The van der Waals surface area contributed by atoms with E-state index in [9.17, 15) is 38.4 Å². The molecule has 37 nitrogen and oxygen atoms in total. The second-order valence-corrected chi connectivity index (χ2v) is 40.3. The molecule has 0 amide bonds. The fourth-order valence-electron chi connectivity index (χ4n) is 23.2. The van der Waals surface area contributed by atoms with Crippen LogP contribution in [0, 0.1) is 27.7 Å². The summed E-state index contributed by atoms with van der Waals surface area (Å²) in [5.41, 5.74) is 6.28. The number of rotatable bonds is 22. The van der Waals surface area contributed by atoms with Crippen LogP contribution in [0.5, 0.6) is 0 Å². The number of anilines is 12. The molecular formula is C106H132N28O9. The first-order chi connectivity index (χ1) is 69.3. The van der Waals surface area contributed by atoms with Crippen molar-refractivity contribution in [3.8, 4) is 0 Å². The average molecular weight is 1940 g/mol. The van der Waals surface area contributed by atoms with Gasteiger partial charge >= 0.3 is 0 Å². The number of aryl methyl sites for hydroxylation is 4. The van der Waals surface area contributed by atoms with Gasteiger partial charge in [-0.05, 0) is 156 Å². The van der Waals surface area contributed by atoms with Crippen molar-refractivity contribution in [1.29, 1.82) is 0 Å². The third kappa shape index (κ3) is 21.2. The molecule has 17 heterocycles. The van der Waals surface area contributed by atoms with E-state index in [-0.39, 0.29) is 91.8 Å². The summed E-state index contributed by atoms with van der Waals surface area (Å²) in [6.45, 7) is 32.6. The molecule has 10 fully saturated rings. The number of ether oxygens (including phenoxy) is 1. The van der Waals surface area contributed by atoms with Crippen molar-refractivity contribution < 1.29 is 23.9 Å². The largest absolute Gasteiger partial charge is 0.378 e. The summed E-state index contributed by atoms with van der Waals surface area (Å²) in [5.74, 6) is 7.42. The highest BCUT2D eigenvalue weighted by molar-refractivity contribution is 6.03. The van der Waals surface area contributed by atoms with Crippen LogP contribution in [0.2, 0.25) is 0 Å². The Morgan fingerprint density at radius 3 is 0.755 bits per heavy atom. The molecule has 0 aromatic carbocycles. The third-order valence-electron chi connectivity index (χ3n) is 30.8.